The fourth-order valence-corrected chi connectivity index (χ4v) is 1.64. The second-order valence-corrected chi connectivity index (χ2v) is 4.09. The summed E-state index contributed by atoms with van der Waals surface area (Å²) in [5.41, 5.74) is 0.434. The molecule has 0 aliphatic rings. The molecule has 1 aromatic carbocycles. The van der Waals surface area contributed by atoms with E-state index >= 15 is 0 Å². The summed E-state index contributed by atoms with van der Waals surface area (Å²) in [6, 6.07) is 11.6. The zero-order chi connectivity index (χ0) is 12.0. The molecule has 0 bridgehead atoms. The maximum absolute atomic E-state index is 9.51. The van der Waals surface area contributed by atoms with Crippen molar-refractivity contribution in [1.82, 2.24) is 5.32 Å². The number of nitrogens with zero attached hydrogens (tertiary/aromatic N) is 1. The predicted octanol–water partition coefficient (Wildman–Crippen LogP) is 1.79. The molecule has 0 heterocycles. The molecular weight excluding hydrogens is 200 g/mol. The van der Waals surface area contributed by atoms with E-state index < -0.39 is 5.54 Å². The minimum Gasteiger partial charge on any atom is -0.394 e. The van der Waals surface area contributed by atoms with E-state index in [0.29, 0.717) is 0 Å². The van der Waals surface area contributed by atoms with Gasteiger partial charge in [0.05, 0.1) is 24.3 Å². The van der Waals surface area contributed by atoms with Crippen LogP contribution in [-0.4, -0.2) is 17.8 Å². The quantitative estimate of drug-likeness (QED) is 0.792. The van der Waals surface area contributed by atoms with E-state index in [1.807, 2.05) is 44.2 Å². The number of nitriles is 1. The van der Waals surface area contributed by atoms with Gasteiger partial charge in [-0.15, -0.1) is 0 Å². The van der Waals surface area contributed by atoms with Gasteiger partial charge in [-0.2, -0.15) is 5.26 Å². The summed E-state index contributed by atoms with van der Waals surface area (Å²) >= 11 is 0. The third-order valence-corrected chi connectivity index (χ3v) is 2.78. The minimum absolute atomic E-state index is 0.0325. The molecule has 3 heteroatoms. The van der Waals surface area contributed by atoms with Crippen molar-refractivity contribution in [3.63, 3.8) is 0 Å². The van der Waals surface area contributed by atoms with E-state index in [0.717, 1.165) is 12.0 Å². The Bertz CT molecular complexity index is 358. The number of aliphatic hydroxyl groups is 1. The van der Waals surface area contributed by atoms with Crippen LogP contribution in [0.2, 0.25) is 0 Å². The van der Waals surface area contributed by atoms with E-state index in [2.05, 4.69) is 11.4 Å². The highest BCUT2D eigenvalue weighted by molar-refractivity contribution is 5.24. The van der Waals surface area contributed by atoms with Gasteiger partial charge in [-0.3, -0.25) is 5.32 Å². The first-order chi connectivity index (χ1) is 7.66. The fraction of sp³-hybridized carbons (Fsp3) is 0.462. The Morgan fingerprint density at radius 3 is 2.50 bits per heavy atom. The molecule has 2 unspecified atom stereocenters. The van der Waals surface area contributed by atoms with Crippen LogP contribution in [0.3, 0.4) is 0 Å². The zero-order valence-electron chi connectivity index (χ0n) is 9.77. The second kappa shape index (κ2) is 5.64. The number of rotatable bonds is 5. The van der Waals surface area contributed by atoms with Gasteiger partial charge in [0.15, 0.2) is 0 Å². The van der Waals surface area contributed by atoms with E-state index in [-0.39, 0.29) is 12.6 Å². The van der Waals surface area contributed by atoms with Crippen molar-refractivity contribution >= 4 is 0 Å². The van der Waals surface area contributed by atoms with Gasteiger partial charge in [-0.25, -0.2) is 0 Å². The average Bonchev–Trinajstić information content (AvgIpc) is 2.36. The second-order valence-electron chi connectivity index (χ2n) is 4.09. The van der Waals surface area contributed by atoms with Crippen LogP contribution in [0.15, 0.2) is 30.3 Å². The molecular formula is C13H18N2O. The van der Waals surface area contributed by atoms with Gasteiger partial charge in [0.25, 0.3) is 0 Å². The lowest BCUT2D eigenvalue weighted by Crippen LogP contribution is -2.47. The lowest BCUT2D eigenvalue weighted by atomic mass is 9.92. The molecule has 16 heavy (non-hydrogen) atoms. The Morgan fingerprint density at radius 2 is 2.06 bits per heavy atom. The first-order valence-corrected chi connectivity index (χ1v) is 5.50. The highest BCUT2D eigenvalue weighted by atomic mass is 16.3. The minimum atomic E-state index is -0.558. The molecule has 1 aromatic rings. The normalized spacial score (nSPS) is 16.1. The number of hydrogen-bond acceptors (Lipinski definition) is 3. The van der Waals surface area contributed by atoms with Crippen molar-refractivity contribution in [1.29, 1.82) is 5.26 Å². The molecule has 0 saturated heterocycles. The average molecular weight is 218 g/mol. The van der Waals surface area contributed by atoms with Crippen molar-refractivity contribution in [3.8, 4) is 6.07 Å². The molecule has 3 nitrogen and oxygen atoms in total. The standard InChI is InChI=1S/C13H18N2O/c1-3-12(9-14)15-13(2,10-16)11-7-5-4-6-8-11/h4-8,12,15-16H,3,10H2,1-2H3. The Hall–Kier alpha value is -1.37. The molecule has 0 aromatic heterocycles. The van der Waals surface area contributed by atoms with Gasteiger partial charge in [0, 0.05) is 0 Å². The van der Waals surface area contributed by atoms with Crippen LogP contribution in [0, 0.1) is 11.3 Å². The van der Waals surface area contributed by atoms with Crippen LogP contribution < -0.4 is 5.32 Å². The van der Waals surface area contributed by atoms with E-state index in [9.17, 15) is 5.11 Å². The van der Waals surface area contributed by atoms with Crippen molar-refractivity contribution in [2.24, 2.45) is 0 Å². The van der Waals surface area contributed by atoms with Gasteiger partial charge < -0.3 is 5.11 Å². The molecule has 1 rings (SSSR count). The largest absolute Gasteiger partial charge is 0.394 e. The van der Waals surface area contributed by atoms with Gasteiger partial charge in [-0.1, -0.05) is 37.3 Å². The topological polar surface area (TPSA) is 56.0 Å². The highest BCUT2D eigenvalue weighted by Crippen LogP contribution is 2.20. The maximum Gasteiger partial charge on any atom is 0.0957 e. The first-order valence-electron chi connectivity index (χ1n) is 5.50. The number of nitrogens with one attached hydrogen (secondary N) is 1. The van der Waals surface area contributed by atoms with Gasteiger partial charge >= 0.3 is 0 Å². The molecule has 0 aliphatic carbocycles. The molecule has 0 aliphatic heterocycles. The summed E-state index contributed by atoms with van der Waals surface area (Å²) in [5.74, 6) is 0. The predicted molar refractivity (Wildman–Crippen MR) is 63.7 cm³/mol. The number of benzene rings is 1. The fourth-order valence-electron chi connectivity index (χ4n) is 1.64. The Balaban J connectivity index is 2.91. The van der Waals surface area contributed by atoms with Crippen molar-refractivity contribution in [2.75, 3.05) is 6.61 Å². The SMILES string of the molecule is CCC(C#N)NC(C)(CO)c1ccccc1. The molecule has 2 N–H and O–H groups in total. The van der Waals surface area contributed by atoms with Crippen LogP contribution in [0.4, 0.5) is 0 Å². The van der Waals surface area contributed by atoms with Crippen molar-refractivity contribution < 1.29 is 5.11 Å². The van der Waals surface area contributed by atoms with Crippen LogP contribution in [-0.2, 0) is 5.54 Å². The Kier molecular flexibility index (Phi) is 4.48. The van der Waals surface area contributed by atoms with E-state index in [4.69, 9.17) is 5.26 Å². The first kappa shape index (κ1) is 12.7. The van der Waals surface area contributed by atoms with Crippen molar-refractivity contribution in [2.45, 2.75) is 31.8 Å². The summed E-state index contributed by atoms with van der Waals surface area (Å²) in [6.45, 7) is 3.82. The number of hydrogen-bond donors (Lipinski definition) is 2. The molecule has 86 valence electrons. The summed E-state index contributed by atoms with van der Waals surface area (Å²) in [7, 11) is 0. The summed E-state index contributed by atoms with van der Waals surface area (Å²) in [5, 5.41) is 21.6. The molecule has 0 amide bonds. The van der Waals surface area contributed by atoms with Crippen LogP contribution >= 0.6 is 0 Å². The number of aliphatic hydroxyl groups excluding tert-OH is 1. The lowest BCUT2D eigenvalue weighted by molar-refractivity contribution is 0.167. The van der Waals surface area contributed by atoms with Crippen molar-refractivity contribution in [3.05, 3.63) is 35.9 Å². The highest BCUT2D eigenvalue weighted by Gasteiger charge is 2.27. The van der Waals surface area contributed by atoms with Crippen LogP contribution in [0.1, 0.15) is 25.8 Å². The summed E-state index contributed by atoms with van der Waals surface area (Å²) in [4.78, 5) is 0. The molecule has 0 saturated carbocycles. The van der Waals surface area contributed by atoms with E-state index in [1.165, 1.54) is 0 Å². The Morgan fingerprint density at radius 1 is 1.44 bits per heavy atom. The third-order valence-electron chi connectivity index (χ3n) is 2.78. The molecule has 0 fully saturated rings. The molecule has 2 atom stereocenters. The third kappa shape index (κ3) is 2.82. The maximum atomic E-state index is 9.51. The van der Waals surface area contributed by atoms with Gasteiger partial charge in [-0.05, 0) is 18.9 Å². The zero-order valence-corrected chi connectivity index (χ0v) is 9.77. The summed E-state index contributed by atoms with van der Waals surface area (Å²) in [6.07, 6.45) is 0.721. The van der Waals surface area contributed by atoms with Crippen LogP contribution in [0.5, 0.6) is 0 Å². The lowest BCUT2D eigenvalue weighted by Gasteiger charge is -2.31. The monoisotopic (exact) mass is 218 g/mol. The molecule has 0 spiro atoms. The van der Waals surface area contributed by atoms with Gasteiger partial charge in [0.1, 0.15) is 0 Å². The van der Waals surface area contributed by atoms with Gasteiger partial charge in [0.2, 0.25) is 0 Å². The summed E-state index contributed by atoms with van der Waals surface area (Å²) < 4.78 is 0. The van der Waals surface area contributed by atoms with Crippen LogP contribution in [0.25, 0.3) is 0 Å². The Labute approximate surface area is 96.7 Å². The smallest absolute Gasteiger partial charge is 0.0957 e. The van der Waals surface area contributed by atoms with E-state index in [1.54, 1.807) is 0 Å². The molecule has 0 radical (unpaired) electrons.